The predicted octanol–water partition coefficient (Wildman–Crippen LogP) is 3.73. The molecule has 1 N–H and O–H groups in total. The molecule has 3 aromatic rings. The molecule has 10 heteroatoms. The van der Waals surface area contributed by atoms with Crippen molar-refractivity contribution in [3.8, 4) is 0 Å². The molecule has 0 bridgehead atoms. The third kappa shape index (κ3) is 4.69. The van der Waals surface area contributed by atoms with Crippen LogP contribution in [0.1, 0.15) is 5.56 Å². The Bertz CT molecular complexity index is 1640. The Kier molecular flexibility index (Phi) is 6.96. The van der Waals surface area contributed by atoms with Crippen LogP contribution in [0.2, 0.25) is 0 Å². The minimum absolute atomic E-state index is 0.0600. The lowest BCUT2D eigenvalue weighted by molar-refractivity contribution is 0.147. The summed E-state index contributed by atoms with van der Waals surface area (Å²) in [6.07, 6.45) is 6.02. The molecular formula is C29H28N2O6S2. The highest BCUT2D eigenvalue weighted by molar-refractivity contribution is 7.91. The third-order valence-corrected chi connectivity index (χ3v) is 10.6. The van der Waals surface area contributed by atoms with Crippen molar-refractivity contribution in [3.05, 3.63) is 115 Å². The van der Waals surface area contributed by atoms with Crippen LogP contribution in [-0.2, 0) is 19.9 Å². The number of urea groups is 1. The first kappa shape index (κ1) is 26.9. The first-order chi connectivity index (χ1) is 18.6. The molecule has 5 rings (SSSR count). The van der Waals surface area contributed by atoms with Gasteiger partial charge in [0, 0.05) is 11.9 Å². The summed E-state index contributed by atoms with van der Waals surface area (Å²) in [5.41, 5.74) is 0.312. The zero-order valence-corrected chi connectivity index (χ0v) is 22.8. The molecule has 3 unspecified atom stereocenters. The molecule has 0 spiro atoms. The summed E-state index contributed by atoms with van der Waals surface area (Å²) >= 11 is 0. The van der Waals surface area contributed by atoms with Crippen molar-refractivity contribution >= 4 is 37.2 Å². The molecule has 8 nitrogen and oxygen atoms in total. The Morgan fingerprint density at radius 3 is 2.00 bits per heavy atom. The second-order valence-corrected chi connectivity index (χ2v) is 13.7. The molecule has 0 radical (unpaired) electrons. The number of rotatable bonds is 7. The maximum atomic E-state index is 13.9. The van der Waals surface area contributed by atoms with Crippen LogP contribution < -0.4 is 4.90 Å². The Morgan fingerprint density at radius 1 is 0.872 bits per heavy atom. The van der Waals surface area contributed by atoms with Crippen LogP contribution in [0.25, 0.3) is 5.57 Å². The number of para-hydroxylation sites is 1. The minimum atomic E-state index is -4.27. The van der Waals surface area contributed by atoms with E-state index in [0.717, 1.165) is 16.1 Å². The highest BCUT2D eigenvalue weighted by Crippen LogP contribution is 2.46. The number of hydrogen-bond acceptors (Lipinski definition) is 6. The quantitative estimate of drug-likeness (QED) is 0.468. The molecule has 1 saturated heterocycles. The maximum Gasteiger partial charge on any atom is 0.338 e. The van der Waals surface area contributed by atoms with Gasteiger partial charge in [0.15, 0.2) is 9.84 Å². The summed E-state index contributed by atoms with van der Waals surface area (Å²) in [6, 6.07) is 23.5. The second-order valence-electron chi connectivity index (χ2n) is 9.70. The van der Waals surface area contributed by atoms with Crippen LogP contribution >= 0.6 is 0 Å². The summed E-state index contributed by atoms with van der Waals surface area (Å²) in [7, 11) is -8.12. The van der Waals surface area contributed by atoms with Crippen molar-refractivity contribution in [2.24, 2.45) is 5.41 Å². The fourth-order valence-corrected chi connectivity index (χ4v) is 8.28. The average Bonchev–Trinajstić information content (AvgIpc) is 3.31. The number of benzene rings is 3. The van der Waals surface area contributed by atoms with Gasteiger partial charge in [0.2, 0.25) is 0 Å². The van der Waals surface area contributed by atoms with Crippen molar-refractivity contribution in [2.45, 2.75) is 16.2 Å². The number of anilines is 1. The average molecular weight is 565 g/mol. The van der Waals surface area contributed by atoms with E-state index in [1.165, 1.54) is 17.0 Å². The molecule has 0 aromatic heterocycles. The largest absolute Gasteiger partial charge is 0.395 e. The van der Waals surface area contributed by atoms with Crippen LogP contribution in [0.15, 0.2) is 114 Å². The fraction of sp³-hybridized carbons (Fsp3) is 0.207. The van der Waals surface area contributed by atoms with Gasteiger partial charge in [-0.2, -0.15) is 0 Å². The van der Waals surface area contributed by atoms with Crippen molar-refractivity contribution in [1.29, 1.82) is 0 Å². The molecular weight excluding hydrogens is 536 g/mol. The lowest BCUT2D eigenvalue weighted by atomic mass is 9.73. The lowest BCUT2D eigenvalue weighted by Crippen LogP contribution is -2.56. The van der Waals surface area contributed by atoms with Gasteiger partial charge < -0.3 is 5.11 Å². The van der Waals surface area contributed by atoms with Gasteiger partial charge in [-0.15, -0.1) is 0 Å². The first-order valence-electron chi connectivity index (χ1n) is 12.3. The number of carbonyl (C=O) groups is 1. The first-order valence-corrected chi connectivity index (χ1v) is 15.7. The number of hydrogen-bond donors (Lipinski definition) is 1. The van der Waals surface area contributed by atoms with Gasteiger partial charge in [0.25, 0.3) is 10.0 Å². The Balaban J connectivity index is 1.67. The Hall–Kier alpha value is -3.73. The van der Waals surface area contributed by atoms with E-state index in [4.69, 9.17) is 0 Å². The van der Waals surface area contributed by atoms with Crippen molar-refractivity contribution in [2.75, 3.05) is 24.3 Å². The Morgan fingerprint density at radius 2 is 1.44 bits per heavy atom. The number of carbonyl (C=O) groups excluding carboxylic acids is 1. The fourth-order valence-electron chi connectivity index (χ4n) is 5.39. The maximum absolute atomic E-state index is 13.9. The molecule has 1 aliphatic heterocycles. The summed E-state index contributed by atoms with van der Waals surface area (Å²) in [5, 5.41) is 9.66. The van der Waals surface area contributed by atoms with Crippen LogP contribution in [0.4, 0.5) is 10.5 Å². The van der Waals surface area contributed by atoms with E-state index in [0.29, 0.717) is 11.3 Å². The van der Waals surface area contributed by atoms with Gasteiger partial charge in [0.1, 0.15) is 0 Å². The summed E-state index contributed by atoms with van der Waals surface area (Å²) in [4.78, 5) is 15.1. The van der Waals surface area contributed by atoms with Gasteiger partial charge in [-0.1, -0.05) is 85.0 Å². The molecule has 2 amide bonds. The Labute approximate surface area is 228 Å². The summed E-state index contributed by atoms with van der Waals surface area (Å²) < 4.78 is 54.6. The van der Waals surface area contributed by atoms with Gasteiger partial charge >= 0.3 is 6.03 Å². The number of nitrogens with zero attached hydrogens (tertiary/aromatic N) is 2. The normalized spacial score (nSPS) is 23.6. The predicted molar refractivity (Wildman–Crippen MR) is 150 cm³/mol. The minimum Gasteiger partial charge on any atom is -0.395 e. The third-order valence-electron chi connectivity index (χ3n) is 7.33. The van der Waals surface area contributed by atoms with Crippen molar-refractivity contribution in [1.82, 2.24) is 4.31 Å². The number of sulfone groups is 1. The van der Waals surface area contributed by atoms with E-state index < -0.39 is 49.2 Å². The van der Waals surface area contributed by atoms with Crippen LogP contribution in [0.5, 0.6) is 0 Å². The molecule has 1 heterocycles. The number of allylic oxidation sites excluding steroid dienone is 2. The van der Waals surface area contributed by atoms with E-state index in [1.54, 1.807) is 66.8 Å². The van der Waals surface area contributed by atoms with E-state index in [9.17, 15) is 26.7 Å². The standard InChI is InChI=1S/C29H28N2O6S2/c1-38(34,35)27-19-23(22-11-5-2-6-12-22)17-18-29(27,21-32)26-20-30(39(36,37)25-15-9-4-10-16-25)28(33)31(26)24-13-7-3-8-14-24/h2-19,26-27,32H,20-21H2,1H3. The topological polar surface area (TPSA) is 112 Å². The summed E-state index contributed by atoms with van der Waals surface area (Å²) in [6.45, 7) is -0.989. The molecule has 3 aromatic carbocycles. The number of amides is 2. The molecule has 39 heavy (non-hydrogen) atoms. The molecule has 3 atom stereocenters. The zero-order chi connectivity index (χ0) is 27.8. The van der Waals surface area contributed by atoms with Crippen LogP contribution in [-0.4, -0.2) is 63.0 Å². The number of aliphatic hydroxyl groups excluding tert-OH is 1. The van der Waals surface area contributed by atoms with Gasteiger partial charge in [-0.05, 0) is 35.4 Å². The van der Waals surface area contributed by atoms with E-state index in [1.807, 2.05) is 30.3 Å². The van der Waals surface area contributed by atoms with Gasteiger partial charge in [-0.25, -0.2) is 25.9 Å². The zero-order valence-electron chi connectivity index (χ0n) is 21.2. The summed E-state index contributed by atoms with van der Waals surface area (Å²) in [5.74, 6) is 0. The van der Waals surface area contributed by atoms with E-state index in [2.05, 4.69) is 0 Å². The molecule has 202 valence electrons. The number of sulfonamides is 1. The van der Waals surface area contributed by atoms with Crippen LogP contribution in [0, 0.1) is 5.41 Å². The van der Waals surface area contributed by atoms with Crippen molar-refractivity contribution in [3.63, 3.8) is 0 Å². The molecule has 1 fully saturated rings. The highest BCUT2D eigenvalue weighted by atomic mass is 32.2. The van der Waals surface area contributed by atoms with Crippen LogP contribution in [0.3, 0.4) is 0 Å². The monoisotopic (exact) mass is 564 g/mol. The molecule has 2 aliphatic rings. The lowest BCUT2D eigenvalue weighted by Gasteiger charge is -2.44. The number of aliphatic hydroxyl groups is 1. The molecule has 0 saturated carbocycles. The van der Waals surface area contributed by atoms with E-state index in [-0.39, 0.29) is 11.4 Å². The van der Waals surface area contributed by atoms with Gasteiger partial charge in [0.05, 0.1) is 34.8 Å². The van der Waals surface area contributed by atoms with E-state index >= 15 is 0 Å². The smallest absolute Gasteiger partial charge is 0.338 e. The SMILES string of the molecule is CS(=O)(=O)C1C=C(c2ccccc2)C=CC1(CO)C1CN(S(=O)(=O)c2ccccc2)C(=O)N1c1ccccc1. The highest BCUT2D eigenvalue weighted by Gasteiger charge is 2.57. The second kappa shape index (κ2) is 10.1. The molecule has 1 aliphatic carbocycles. The van der Waals surface area contributed by atoms with Crippen molar-refractivity contribution < 1.29 is 26.7 Å². The van der Waals surface area contributed by atoms with Gasteiger partial charge in [-0.3, -0.25) is 4.90 Å².